The van der Waals surface area contributed by atoms with Crippen LogP contribution >= 0.6 is 12.4 Å². The lowest BCUT2D eigenvalue weighted by Gasteiger charge is -2.13. The summed E-state index contributed by atoms with van der Waals surface area (Å²) in [4.78, 5) is 3.43. The van der Waals surface area contributed by atoms with E-state index in [2.05, 4.69) is 46.8 Å². The third kappa shape index (κ3) is 6.07. The first kappa shape index (κ1) is 25.5. The zero-order valence-corrected chi connectivity index (χ0v) is 20.6. The van der Waals surface area contributed by atoms with Gasteiger partial charge < -0.3 is 19.6 Å². The maximum atomic E-state index is 11.6. The second kappa shape index (κ2) is 10.9. The van der Waals surface area contributed by atoms with Crippen molar-refractivity contribution in [2.75, 3.05) is 12.8 Å². The fraction of sp³-hybridized carbons (Fsp3) is 0.417. The molecule has 0 aliphatic carbocycles. The quantitative estimate of drug-likeness (QED) is 0.247. The average molecular weight is 494 g/mol. The molecule has 0 fully saturated rings. The van der Waals surface area contributed by atoms with Crippen LogP contribution in [0.1, 0.15) is 55.5 Å². The van der Waals surface area contributed by atoms with Crippen LogP contribution in [0.25, 0.3) is 22.2 Å². The summed E-state index contributed by atoms with van der Waals surface area (Å²) in [5, 5.41) is 18.1. The summed E-state index contributed by atoms with van der Waals surface area (Å²) in [6.45, 7) is 4.41. The van der Waals surface area contributed by atoms with E-state index in [1.807, 2.05) is 0 Å². The van der Waals surface area contributed by atoms with Gasteiger partial charge in [0.2, 0.25) is 0 Å². The Morgan fingerprint density at radius 3 is 2.73 bits per heavy atom. The normalized spacial score (nSPS) is 15.4. The molecule has 2 aromatic carbocycles. The molecule has 1 aromatic heterocycles. The Kier molecular flexibility index (Phi) is 8.42. The molecule has 180 valence electrons. The number of H-pyrrole nitrogens is 1. The topological polar surface area (TPSA) is 103 Å². The van der Waals surface area contributed by atoms with E-state index >= 15 is 0 Å². The highest BCUT2D eigenvalue weighted by Crippen LogP contribution is 2.40. The van der Waals surface area contributed by atoms with Crippen molar-refractivity contribution in [3.8, 4) is 17.0 Å². The number of hydrogen-bond acceptors (Lipinski definition) is 6. The van der Waals surface area contributed by atoms with Crippen LogP contribution in [0.2, 0.25) is 0 Å². The number of fused-ring (bicyclic) bond motifs is 2. The predicted molar refractivity (Wildman–Crippen MR) is 134 cm³/mol. The molecule has 0 spiro atoms. The summed E-state index contributed by atoms with van der Waals surface area (Å²) >= 11 is 0. The molecule has 3 aromatic rings. The van der Waals surface area contributed by atoms with Crippen LogP contribution in [0.4, 0.5) is 0 Å². The standard InChI is InChI=1S/C24H31N3O4S.ClH/c1-3-4-5-6-11-25-14-16-7-9-20-17(12-16)13-21(27-20)18-8-10-22(31-32(2,29)30)19-15-26-24(28)23(18)19;/h7-10,12-13,24-28H,3-6,11,14-15H2,1-2H3;1H. The van der Waals surface area contributed by atoms with Crippen molar-refractivity contribution in [3.63, 3.8) is 0 Å². The van der Waals surface area contributed by atoms with Crippen molar-refractivity contribution in [2.45, 2.75) is 51.9 Å². The first-order valence-electron chi connectivity index (χ1n) is 11.1. The Balaban J connectivity index is 0.00000306. The summed E-state index contributed by atoms with van der Waals surface area (Å²) in [5.41, 5.74) is 5.23. The second-order valence-corrected chi connectivity index (χ2v) is 9.99. The van der Waals surface area contributed by atoms with Crippen molar-refractivity contribution < 1.29 is 17.7 Å². The predicted octanol–water partition coefficient (Wildman–Crippen LogP) is 4.36. The summed E-state index contributed by atoms with van der Waals surface area (Å²) in [5.74, 6) is 0.249. The minimum absolute atomic E-state index is 0. The van der Waals surface area contributed by atoms with Gasteiger partial charge in [0.05, 0.1) is 6.26 Å². The Hall–Kier alpha value is -2.10. The van der Waals surface area contributed by atoms with Crippen LogP contribution in [-0.2, 0) is 23.2 Å². The van der Waals surface area contributed by atoms with Gasteiger partial charge in [-0.1, -0.05) is 32.3 Å². The van der Waals surface area contributed by atoms with Gasteiger partial charge in [-0.25, -0.2) is 0 Å². The number of aliphatic hydroxyl groups excluding tert-OH is 1. The number of halogens is 1. The van der Waals surface area contributed by atoms with Gasteiger partial charge in [0, 0.05) is 46.4 Å². The van der Waals surface area contributed by atoms with Gasteiger partial charge in [-0.05, 0) is 48.9 Å². The van der Waals surface area contributed by atoms with Gasteiger partial charge in [-0.3, -0.25) is 5.32 Å². The first-order valence-corrected chi connectivity index (χ1v) is 13.0. The van der Waals surface area contributed by atoms with Gasteiger partial charge in [-0.15, -0.1) is 12.4 Å². The van der Waals surface area contributed by atoms with E-state index in [0.29, 0.717) is 17.7 Å². The number of aromatic amines is 1. The molecule has 0 bridgehead atoms. The zero-order chi connectivity index (χ0) is 22.7. The number of hydrogen-bond donors (Lipinski definition) is 4. The smallest absolute Gasteiger partial charge is 0.306 e. The number of benzene rings is 2. The van der Waals surface area contributed by atoms with Crippen LogP contribution < -0.4 is 14.8 Å². The lowest BCUT2D eigenvalue weighted by molar-refractivity contribution is 0.152. The van der Waals surface area contributed by atoms with Gasteiger partial charge in [0.25, 0.3) is 0 Å². The molecule has 1 unspecified atom stereocenters. The molecule has 9 heteroatoms. The van der Waals surface area contributed by atoms with E-state index < -0.39 is 16.3 Å². The zero-order valence-electron chi connectivity index (χ0n) is 19.0. The molecule has 33 heavy (non-hydrogen) atoms. The van der Waals surface area contributed by atoms with E-state index in [-0.39, 0.29) is 18.2 Å². The molecule has 1 aliphatic heterocycles. The van der Waals surface area contributed by atoms with Gasteiger partial charge >= 0.3 is 10.1 Å². The summed E-state index contributed by atoms with van der Waals surface area (Å²) in [6.07, 6.45) is 5.13. The first-order chi connectivity index (χ1) is 15.4. The van der Waals surface area contributed by atoms with E-state index in [1.54, 1.807) is 12.1 Å². The molecule has 0 amide bonds. The molecule has 1 atom stereocenters. The lowest BCUT2D eigenvalue weighted by atomic mass is 9.99. The van der Waals surface area contributed by atoms with E-state index in [4.69, 9.17) is 4.18 Å². The Labute approximate surface area is 201 Å². The van der Waals surface area contributed by atoms with Crippen molar-refractivity contribution in [2.24, 2.45) is 0 Å². The van der Waals surface area contributed by atoms with E-state index in [1.165, 1.54) is 31.2 Å². The molecular formula is C24H32ClN3O4S. The molecule has 1 aliphatic rings. The minimum Gasteiger partial charge on any atom is -0.382 e. The Morgan fingerprint density at radius 2 is 1.97 bits per heavy atom. The third-order valence-electron chi connectivity index (χ3n) is 5.81. The largest absolute Gasteiger partial charge is 0.382 e. The van der Waals surface area contributed by atoms with Crippen LogP contribution in [-0.4, -0.2) is 31.3 Å². The summed E-state index contributed by atoms with van der Waals surface area (Å²) in [7, 11) is -3.66. The highest BCUT2D eigenvalue weighted by atomic mass is 35.5. The van der Waals surface area contributed by atoms with Crippen molar-refractivity contribution in [1.29, 1.82) is 0 Å². The van der Waals surface area contributed by atoms with Crippen LogP contribution in [0.5, 0.6) is 5.75 Å². The molecule has 2 heterocycles. The Morgan fingerprint density at radius 1 is 1.15 bits per heavy atom. The Bertz CT molecular complexity index is 1210. The van der Waals surface area contributed by atoms with Crippen LogP contribution in [0.3, 0.4) is 0 Å². The molecule has 4 N–H and O–H groups in total. The highest BCUT2D eigenvalue weighted by molar-refractivity contribution is 7.86. The number of aromatic nitrogens is 1. The minimum atomic E-state index is -3.66. The average Bonchev–Trinajstić information content (AvgIpc) is 3.34. The maximum Gasteiger partial charge on any atom is 0.306 e. The second-order valence-electron chi connectivity index (χ2n) is 8.42. The molecular weight excluding hydrogens is 462 g/mol. The van der Waals surface area contributed by atoms with Crippen molar-refractivity contribution >= 4 is 33.4 Å². The molecule has 0 radical (unpaired) electrons. The van der Waals surface area contributed by atoms with Gasteiger partial charge in [0.15, 0.2) is 0 Å². The fourth-order valence-electron chi connectivity index (χ4n) is 4.26. The van der Waals surface area contributed by atoms with Crippen molar-refractivity contribution in [1.82, 2.24) is 15.6 Å². The summed E-state index contributed by atoms with van der Waals surface area (Å²) < 4.78 is 28.4. The highest BCUT2D eigenvalue weighted by Gasteiger charge is 2.28. The molecule has 0 saturated heterocycles. The lowest BCUT2D eigenvalue weighted by Crippen LogP contribution is -2.14. The van der Waals surface area contributed by atoms with Crippen LogP contribution in [0.15, 0.2) is 36.4 Å². The number of rotatable bonds is 10. The number of nitrogens with one attached hydrogen (secondary N) is 3. The SMILES string of the molecule is CCCCCCNCc1ccc2[nH]c(-c3ccc(OS(C)(=O)=O)c4c3C(O)NC4)cc2c1.Cl. The molecule has 7 nitrogen and oxygen atoms in total. The number of aliphatic hydroxyl groups is 1. The molecule has 0 saturated carbocycles. The third-order valence-corrected chi connectivity index (χ3v) is 6.29. The number of unbranched alkanes of at least 4 members (excludes halogenated alkanes) is 3. The molecule has 4 rings (SSSR count). The van der Waals surface area contributed by atoms with Gasteiger partial charge in [-0.2, -0.15) is 8.42 Å². The fourth-order valence-corrected chi connectivity index (χ4v) is 4.75. The van der Waals surface area contributed by atoms with E-state index in [9.17, 15) is 13.5 Å². The maximum absolute atomic E-state index is 11.6. The summed E-state index contributed by atoms with van der Waals surface area (Å²) in [6, 6.07) is 11.9. The monoisotopic (exact) mass is 493 g/mol. The van der Waals surface area contributed by atoms with Crippen LogP contribution in [0, 0.1) is 0 Å². The van der Waals surface area contributed by atoms with Gasteiger partial charge in [0.1, 0.15) is 12.0 Å². The van der Waals surface area contributed by atoms with E-state index in [0.717, 1.165) is 41.5 Å². The van der Waals surface area contributed by atoms with Crippen molar-refractivity contribution in [3.05, 3.63) is 53.1 Å².